The van der Waals surface area contributed by atoms with E-state index in [1.807, 2.05) is 18.2 Å². The van der Waals surface area contributed by atoms with Crippen LogP contribution in [0.15, 0.2) is 47.1 Å². The molecule has 0 bridgehead atoms. The first kappa shape index (κ1) is 20.7. The molecule has 33 heavy (non-hydrogen) atoms. The zero-order chi connectivity index (χ0) is 22.4. The van der Waals surface area contributed by atoms with Gasteiger partial charge in [0.25, 0.3) is 0 Å². The number of rotatable bonds is 5. The third-order valence-corrected chi connectivity index (χ3v) is 7.41. The van der Waals surface area contributed by atoms with Crippen molar-refractivity contribution in [1.29, 1.82) is 0 Å². The second-order valence-electron chi connectivity index (χ2n) is 8.22. The molecule has 0 aliphatic carbocycles. The van der Waals surface area contributed by atoms with E-state index in [9.17, 15) is 5.11 Å². The maximum absolute atomic E-state index is 11.2. The third-order valence-electron chi connectivity index (χ3n) is 6.34. The minimum absolute atomic E-state index is 0.0850. The van der Waals surface area contributed by atoms with Crippen molar-refractivity contribution in [2.75, 3.05) is 33.4 Å². The van der Waals surface area contributed by atoms with Crippen molar-refractivity contribution >= 4 is 16.3 Å². The summed E-state index contributed by atoms with van der Waals surface area (Å²) in [6.45, 7) is 2.83. The molecule has 0 radical (unpaired) electrons. The zero-order valence-corrected chi connectivity index (χ0v) is 19.0. The van der Waals surface area contributed by atoms with Crippen molar-refractivity contribution < 1.29 is 23.7 Å². The number of benzene rings is 1. The van der Waals surface area contributed by atoms with E-state index in [1.165, 1.54) is 15.9 Å². The smallest absolute Gasteiger partial charge is 0.230 e. The van der Waals surface area contributed by atoms with Crippen LogP contribution in [-0.4, -0.2) is 63.8 Å². The van der Waals surface area contributed by atoms with Crippen LogP contribution >= 0.6 is 11.3 Å². The van der Waals surface area contributed by atoms with Gasteiger partial charge in [-0.25, -0.2) is 0 Å². The molecule has 1 spiro atoms. The number of fused-ring (bicyclic) bond motifs is 1. The fourth-order valence-electron chi connectivity index (χ4n) is 4.69. The van der Waals surface area contributed by atoms with Crippen LogP contribution in [0.2, 0.25) is 0 Å². The van der Waals surface area contributed by atoms with Gasteiger partial charge in [-0.15, -0.1) is 5.10 Å². The van der Waals surface area contributed by atoms with E-state index in [4.69, 9.17) is 18.6 Å². The fourth-order valence-corrected chi connectivity index (χ4v) is 5.80. The van der Waals surface area contributed by atoms with Crippen molar-refractivity contribution in [2.24, 2.45) is 0 Å². The lowest BCUT2D eigenvalue weighted by atomic mass is 9.97. The summed E-state index contributed by atoms with van der Waals surface area (Å²) >= 11 is 1.43. The Bertz CT molecular complexity index is 1250. The number of aromatic hydroxyl groups is 1. The van der Waals surface area contributed by atoms with Gasteiger partial charge in [-0.05, 0) is 29.8 Å². The van der Waals surface area contributed by atoms with E-state index >= 15 is 0 Å². The number of aromatic nitrogens is 3. The van der Waals surface area contributed by atoms with E-state index in [0.29, 0.717) is 29.8 Å². The van der Waals surface area contributed by atoms with Crippen molar-refractivity contribution in [2.45, 2.75) is 24.7 Å². The third kappa shape index (κ3) is 3.59. The van der Waals surface area contributed by atoms with Crippen LogP contribution in [0.1, 0.15) is 29.3 Å². The fraction of sp³-hybridized carbons (Fsp3) is 0.391. The molecule has 5 heterocycles. The van der Waals surface area contributed by atoms with Crippen molar-refractivity contribution in [3.63, 3.8) is 0 Å². The predicted molar refractivity (Wildman–Crippen MR) is 121 cm³/mol. The van der Waals surface area contributed by atoms with Crippen molar-refractivity contribution in [3.8, 4) is 23.2 Å². The molecule has 0 unspecified atom stereocenters. The SMILES string of the molecule is COc1cccc([C@H](c2sc3nc(-c4ccco4)nn3c2O)N2CCC3(CC2)OCCO3)c1. The number of piperidine rings is 1. The number of furan rings is 1. The topological polar surface area (TPSA) is 94.5 Å². The second-order valence-corrected chi connectivity index (χ2v) is 9.23. The number of methoxy groups -OCH3 is 1. The highest BCUT2D eigenvalue weighted by Crippen LogP contribution is 2.43. The van der Waals surface area contributed by atoms with Gasteiger partial charge in [-0.3, -0.25) is 4.90 Å². The number of hydrogen-bond donors (Lipinski definition) is 1. The maximum Gasteiger partial charge on any atom is 0.230 e. The van der Waals surface area contributed by atoms with Crippen LogP contribution in [0.3, 0.4) is 0 Å². The van der Waals surface area contributed by atoms with Gasteiger partial charge < -0.3 is 23.7 Å². The van der Waals surface area contributed by atoms with Crippen LogP contribution in [0.4, 0.5) is 0 Å². The van der Waals surface area contributed by atoms with Gasteiger partial charge in [0, 0.05) is 25.9 Å². The first-order valence-corrected chi connectivity index (χ1v) is 11.8. The summed E-state index contributed by atoms with van der Waals surface area (Å²) < 4.78 is 24.2. The maximum atomic E-state index is 11.2. The lowest BCUT2D eigenvalue weighted by Crippen LogP contribution is -2.46. The second kappa shape index (κ2) is 8.14. The molecule has 1 N–H and O–H groups in total. The van der Waals surface area contributed by atoms with E-state index in [-0.39, 0.29) is 11.9 Å². The van der Waals surface area contributed by atoms with Gasteiger partial charge in [0.2, 0.25) is 16.7 Å². The highest BCUT2D eigenvalue weighted by atomic mass is 32.1. The molecule has 0 saturated carbocycles. The molecule has 172 valence electrons. The van der Waals surface area contributed by atoms with Crippen molar-refractivity contribution in [1.82, 2.24) is 19.5 Å². The van der Waals surface area contributed by atoms with Crippen LogP contribution in [0, 0.1) is 0 Å². The number of thiazole rings is 1. The molecule has 1 atom stereocenters. The molecule has 2 fully saturated rings. The lowest BCUT2D eigenvalue weighted by molar-refractivity contribution is -0.187. The summed E-state index contributed by atoms with van der Waals surface area (Å²) in [6.07, 6.45) is 3.13. The molecule has 9 nitrogen and oxygen atoms in total. The van der Waals surface area contributed by atoms with Gasteiger partial charge in [0.1, 0.15) is 5.75 Å². The zero-order valence-electron chi connectivity index (χ0n) is 18.1. The average Bonchev–Trinajstić information content (AvgIpc) is 3.63. The Morgan fingerprint density at radius 1 is 1.15 bits per heavy atom. The normalized spacial score (nSPS) is 19.4. The first-order chi connectivity index (χ1) is 16.2. The Hall–Kier alpha value is -2.92. The summed E-state index contributed by atoms with van der Waals surface area (Å²) in [6, 6.07) is 11.4. The van der Waals surface area contributed by atoms with E-state index in [0.717, 1.165) is 42.1 Å². The molecule has 6 rings (SSSR count). The summed E-state index contributed by atoms with van der Waals surface area (Å²) in [5.41, 5.74) is 1.03. The first-order valence-electron chi connectivity index (χ1n) is 10.9. The standard InChI is InChI=1S/C23H24N4O5S/c1-29-16-5-2-4-15(14-16)18(26-9-7-23(8-10-26)31-12-13-32-23)19-21(28)27-22(33-19)24-20(25-27)17-6-3-11-30-17/h2-6,11,14,18,28H,7-10,12-13H2,1H3/t18-/m1/s1. The largest absolute Gasteiger partial charge is 0.497 e. The van der Waals surface area contributed by atoms with Gasteiger partial charge >= 0.3 is 0 Å². The molecule has 2 aliphatic heterocycles. The Kier molecular flexibility index (Phi) is 5.10. The average molecular weight is 469 g/mol. The summed E-state index contributed by atoms with van der Waals surface area (Å²) in [7, 11) is 1.66. The van der Waals surface area contributed by atoms with Gasteiger partial charge in [-0.1, -0.05) is 23.5 Å². The molecule has 4 aromatic rings. The molecule has 2 saturated heterocycles. The molecular formula is C23H24N4O5S. The predicted octanol–water partition coefficient (Wildman–Crippen LogP) is 3.69. The lowest BCUT2D eigenvalue weighted by Gasteiger charge is -2.41. The van der Waals surface area contributed by atoms with E-state index < -0.39 is 5.79 Å². The quantitative estimate of drug-likeness (QED) is 0.474. The van der Waals surface area contributed by atoms with Crippen molar-refractivity contribution in [3.05, 3.63) is 53.1 Å². The highest BCUT2D eigenvalue weighted by Gasteiger charge is 2.42. The Balaban J connectivity index is 1.39. The van der Waals surface area contributed by atoms with Crippen LogP contribution in [-0.2, 0) is 9.47 Å². The number of hydrogen-bond acceptors (Lipinski definition) is 9. The van der Waals surface area contributed by atoms with E-state index in [2.05, 4.69) is 21.0 Å². The van der Waals surface area contributed by atoms with Crippen LogP contribution < -0.4 is 4.74 Å². The molecular weight excluding hydrogens is 444 g/mol. The monoisotopic (exact) mass is 468 g/mol. The van der Waals surface area contributed by atoms with Crippen LogP contribution in [0.25, 0.3) is 16.5 Å². The summed E-state index contributed by atoms with van der Waals surface area (Å²) in [4.78, 5) is 8.33. The summed E-state index contributed by atoms with van der Waals surface area (Å²) in [5, 5.41) is 15.7. The van der Waals surface area contributed by atoms with Gasteiger partial charge in [0.05, 0.1) is 37.5 Å². The van der Waals surface area contributed by atoms with Crippen LogP contribution in [0.5, 0.6) is 11.6 Å². The Morgan fingerprint density at radius 3 is 2.67 bits per heavy atom. The van der Waals surface area contributed by atoms with E-state index in [1.54, 1.807) is 25.5 Å². The Labute approximate surface area is 194 Å². The highest BCUT2D eigenvalue weighted by molar-refractivity contribution is 7.17. The number of likely N-dealkylation sites (tertiary alicyclic amines) is 1. The summed E-state index contributed by atoms with van der Waals surface area (Å²) in [5.74, 6) is 1.39. The minimum atomic E-state index is -0.471. The molecule has 0 amide bonds. The number of ether oxygens (including phenoxy) is 3. The molecule has 1 aromatic carbocycles. The van der Waals surface area contributed by atoms with Gasteiger partial charge in [-0.2, -0.15) is 9.50 Å². The minimum Gasteiger partial charge on any atom is -0.497 e. The van der Waals surface area contributed by atoms with Gasteiger partial charge in [0.15, 0.2) is 11.5 Å². The number of nitrogens with zero attached hydrogens (tertiary/aromatic N) is 4. The Morgan fingerprint density at radius 2 is 1.97 bits per heavy atom. The molecule has 2 aliphatic rings. The molecule has 3 aromatic heterocycles. The molecule has 10 heteroatoms.